The molecule has 0 bridgehead atoms. The summed E-state index contributed by atoms with van der Waals surface area (Å²) < 4.78 is 0. The van der Waals surface area contributed by atoms with Crippen molar-refractivity contribution in [2.24, 2.45) is 11.8 Å². The summed E-state index contributed by atoms with van der Waals surface area (Å²) in [7, 11) is 0. The fraction of sp³-hybridized carbons (Fsp3) is 0.292. The zero-order valence-corrected chi connectivity index (χ0v) is 16.6. The second kappa shape index (κ2) is 6.14. The number of nitrogens with zero attached hydrogens (tertiary/aromatic N) is 2. The first kappa shape index (κ1) is 17.9. The van der Waals surface area contributed by atoms with Gasteiger partial charge >= 0.3 is 0 Å². The number of hydrogen-bond acceptors (Lipinski definition) is 4. The first-order valence-corrected chi connectivity index (χ1v) is 9.89. The van der Waals surface area contributed by atoms with E-state index < -0.39 is 17.9 Å². The second-order valence-corrected chi connectivity index (χ2v) is 8.30. The number of aryl methyl sites for hydroxylation is 2. The van der Waals surface area contributed by atoms with Crippen molar-refractivity contribution in [1.82, 2.24) is 4.90 Å². The van der Waals surface area contributed by atoms with Crippen molar-refractivity contribution < 1.29 is 14.4 Å². The molecule has 3 aliphatic rings. The van der Waals surface area contributed by atoms with Crippen LogP contribution in [0.15, 0.2) is 48.7 Å². The topological polar surface area (TPSA) is 57.7 Å². The zero-order valence-electron chi connectivity index (χ0n) is 16.6. The van der Waals surface area contributed by atoms with Crippen molar-refractivity contribution in [2.45, 2.75) is 32.9 Å². The number of ketones is 1. The van der Waals surface area contributed by atoms with Crippen LogP contribution < -0.4 is 4.90 Å². The van der Waals surface area contributed by atoms with E-state index in [1.165, 1.54) is 11.8 Å². The molecule has 3 aliphatic heterocycles. The number of anilines is 1. The Hall–Kier alpha value is -3.21. The lowest BCUT2D eigenvalue weighted by molar-refractivity contribution is -0.129. The molecule has 3 heterocycles. The van der Waals surface area contributed by atoms with E-state index in [0.29, 0.717) is 5.69 Å². The van der Waals surface area contributed by atoms with Gasteiger partial charge in [0.25, 0.3) is 0 Å². The molecule has 2 aromatic carbocycles. The monoisotopic (exact) mass is 386 g/mol. The summed E-state index contributed by atoms with van der Waals surface area (Å²) in [4.78, 5) is 42.9. The summed E-state index contributed by atoms with van der Waals surface area (Å²) in [6.45, 7) is 5.41. The molecule has 2 aromatic rings. The van der Waals surface area contributed by atoms with Crippen molar-refractivity contribution in [1.29, 1.82) is 0 Å². The van der Waals surface area contributed by atoms with Gasteiger partial charge in [-0.1, -0.05) is 30.3 Å². The van der Waals surface area contributed by atoms with Gasteiger partial charge in [0.2, 0.25) is 11.8 Å². The lowest BCUT2D eigenvalue weighted by atomic mass is 9.84. The van der Waals surface area contributed by atoms with Crippen LogP contribution in [0.2, 0.25) is 0 Å². The summed E-state index contributed by atoms with van der Waals surface area (Å²) in [6, 6.07) is 12.7. The van der Waals surface area contributed by atoms with Gasteiger partial charge in [-0.25, -0.2) is 4.90 Å². The summed E-state index contributed by atoms with van der Waals surface area (Å²) in [5.41, 5.74) is 4.61. The molecule has 0 spiro atoms. The number of fused-ring (bicyclic) bond motifs is 5. The third-order valence-electron chi connectivity index (χ3n) is 6.34. The van der Waals surface area contributed by atoms with E-state index in [1.54, 1.807) is 0 Å². The third kappa shape index (κ3) is 2.43. The van der Waals surface area contributed by atoms with Crippen molar-refractivity contribution in [3.05, 3.63) is 70.9 Å². The molecule has 0 N–H and O–H groups in total. The van der Waals surface area contributed by atoms with Crippen LogP contribution in [0, 0.1) is 25.7 Å². The molecule has 29 heavy (non-hydrogen) atoms. The highest BCUT2D eigenvalue weighted by Crippen LogP contribution is 2.53. The first-order chi connectivity index (χ1) is 13.9. The van der Waals surface area contributed by atoms with Crippen molar-refractivity contribution >= 4 is 29.4 Å². The summed E-state index contributed by atoms with van der Waals surface area (Å²) in [5, 5.41) is 0. The van der Waals surface area contributed by atoms with Crippen LogP contribution >= 0.6 is 0 Å². The third-order valence-corrected chi connectivity index (χ3v) is 6.34. The van der Waals surface area contributed by atoms with Crippen molar-refractivity contribution in [2.75, 3.05) is 4.90 Å². The number of benzene rings is 2. The zero-order chi connectivity index (χ0) is 20.4. The second-order valence-electron chi connectivity index (χ2n) is 8.30. The number of carbonyl (C=O) groups excluding carboxylic acids is 3. The van der Waals surface area contributed by atoms with Crippen LogP contribution in [0.5, 0.6) is 0 Å². The fourth-order valence-electron chi connectivity index (χ4n) is 5.36. The van der Waals surface area contributed by atoms with Crippen LogP contribution in [-0.2, 0) is 14.4 Å². The van der Waals surface area contributed by atoms with Gasteiger partial charge < -0.3 is 4.90 Å². The Kier molecular flexibility index (Phi) is 3.78. The minimum atomic E-state index is -0.665. The molecular weight excluding hydrogens is 364 g/mol. The van der Waals surface area contributed by atoms with E-state index in [-0.39, 0.29) is 23.6 Å². The summed E-state index contributed by atoms with van der Waals surface area (Å²) in [5.74, 6) is -1.81. The number of carbonyl (C=O) groups is 3. The minimum absolute atomic E-state index is 0.0880. The maximum absolute atomic E-state index is 13.6. The Morgan fingerprint density at radius 3 is 2.28 bits per heavy atom. The van der Waals surface area contributed by atoms with Crippen LogP contribution in [-0.4, -0.2) is 28.5 Å². The van der Waals surface area contributed by atoms with Gasteiger partial charge in [0.05, 0.1) is 29.6 Å². The molecule has 5 rings (SSSR count). The maximum Gasteiger partial charge on any atom is 0.240 e. The van der Waals surface area contributed by atoms with Gasteiger partial charge in [-0.3, -0.25) is 14.4 Å². The van der Waals surface area contributed by atoms with E-state index in [2.05, 4.69) is 0 Å². The number of amides is 2. The van der Waals surface area contributed by atoms with E-state index >= 15 is 0 Å². The molecule has 0 saturated carbocycles. The van der Waals surface area contributed by atoms with Gasteiger partial charge in [-0.05, 0) is 61.2 Å². The van der Waals surface area contributed by atoms with Crippen LogP contribution in [0.4, 0.5) is 5.69 Å². The number of hydrogen-bond donors (Lipinski definition) is 0. The Morgan fingerprint density at radius 2 is 1.59 bits per heavy atom. The molecule has 0 aromatic heterocycles. The van der Waals surface area contributed by atoms with Gasteiger partial charge in [0.1, 0.15) is 0 Å². The van der Waals surface area contributed by atoms with E-state index in [0.717, 1.165) is 22.3 Å². The molecule has 5 heteroatoms. The quantitative estimate of drug-likeness (QED) is 0.743. The Balaban J connectivity index is 1.66. The number of imide groups is 1. The summed E-state index contributed by atoms with van der Waals surface area (Å²) in [6.07, 6.45) is 3.83. The number of Topliss-reactive ketones (excluding diaryl/α,β-unsaturated/α-hetero) is 1. The largest absolute Gasteiger partial charge is 0.359 e. The molecule has 146 valence electrons. The standard InChI is InChI=1S/C24H22N2O3/c1-13-10-14(2)12-17(11-13)26-23(28)19-20(24(26)29)22-18-7-5-4-6-16(18)8-9-25(22)21(19)15(3)27/h4-12,19-22H,1-3H3/t19-,20+,21-,22-/m0/s1. The van der Waals surface area contributed by atoms with E-state index in [4.69, 9.17) is 0 Å². The smallest absolute Gasteiger partial charge is 0.240 e. The van der Waals surface area contributed by atoms with Gasteiger partial charge in [0, 0.05) is 6.20 Å². The first-order valence-electron chi connectivity index (χ1n) is 9.89. The Bertz CT molecular complexity index is 1080. The van der Waals surface area contributed by atoms with Gasteiger partial charge in [-0.15, -0.1) is 0 Å². The fourth-order valence-corrected chi connectivity index (χ4v) is 5.36. The normalized spacial score (nSPS) is 27.1. The molecule has 0 radical (unpaired) electrons. The van der Waals surface area contributed by atoms with Gasteiger partial charge in [0.15, 0.2) is 5.78 Å². The maximum atomic E-state index is 13.6. The summed E-state index contributed by atoms with van der Waals surface area (Å²) >= 11 is 0. The van der Waals surface area contributed by atoms with Crippen LogP contribution in [0.3, 0.4) is 0 Å². The molecular formula is C24H22N2O3. The van der Waals surface area contributed by atoms with Crippen molar-refractivity contribution in [3.8, 4) is 0 Å². The SMILES string of the molecule is CC(=O)[C@H]1[C@H]2C(=O)N(c3cc(C)cc(C)c3)C(=O)[C@H]2[C@@H]2c3ccccc3C=CN12. The Morgan fingerprint density at radius 1 is 0.931 bits per heavy atom. The van der Waals surface area contributed by atoms with Crippen molar-refractivity contribution in [3.63, 3.8) is 0 Å². The Labute approximate surface area is 169 Å². The van der Waals surface area contributed by atoms with Crippen LogP contribution in [0.1, 0.15) is 35.2 Å². The van der Waals surface area contributed by atoms with E-state index in [9.17, 15) is 14.4 Å². The van der Waals surface area contributed by atoms with E-state index in [1.807, 2.05) is 73.5 Å². The van der Waals surface area contributed by atoms with Crippen LogP contribution in [0.25, 0.3) is 6.08 Å². The van der Waals surface area contributed by atoms with Gasteiger partial charge in [-0.2, -0.15) is 0 Å². The predicted octanol–water partition coefficient (Wildman–Crippen LogP) is 3.41. The highest BCUT2D eigenvalue weighted by molar-refractivity contribution is 6.24. The predicted molar refractivity (Wildman–Crippen MR) is 110 cm³/mol. The molecule has 2 saturated heterocycles. The number of rotatable bonds is 2. The molecule has 0 aliphatic carbocycles. The molecule has 5 nitrogen and oxygen atoms in total. The molecule has 2 fully saturated rings. The molecule has 2 amide bonds. The highest BCUT2D eigenvalue weighted by Gasteiger charge is 2.63. The highest BCUT2D eigenvalue weighted by atomic mass is 16.2. The minimum Gasteiger partial charge on any atom is -0.359 e. The molecule has 0 unspecified atom stereocenters. The molecule has 4 atom stereocenters. The lowest BCUT2D eigenvalue weighted by Gasteiger charge is -2.35. The average Bonchev–Trinajstić information content (AvgIpc) is 3.14. The average molecular weight is 386 g/mol. The lowest BCUT2D eigenvalue weighted by Crippen LogP contribution is -2.43.